The maximum Gasteiger partial charge on any atom is 0.408 e. The van der Waals surface area contributed by atoms with Gasteiger partial charge in [-0.1, -0.05) is 84.0 Å². The van der Waals surface area contributed by atoms with Crippen molar-refractivity contribution in [2.24, 2.45) is 0 Å². The number of hydrogen-bond acceptors (Lipinski definition) is 6. The fourth-order valence-electron chi connectivity index (χ4n) is 5.09. The lowest BCUT2D eigenvalue weighted by Crippen LogP contribution is -2.34. The van der Waals surface area contributed by atoms with Gasteiger partial charge >= 0.3 is 12.2 Å². The smallest absolute Gasteiger partial charge is 0.408 e. The van der Waals surface area contributed by atoms with Gasteiger partial charge in [-0.05, 0) is 61.9 Å². The number of amides is 2. The molecule has 4 aromatic rings. The van der Waals surface area contributed by atoms with Crippen LogP contribution in [0.1, 0.15) is 73.8 Å². The predicted molar refractivity (Wildman–Crippen MR) is 155 cm³/mol. The minimum absolute atomic E-state index is 0.0424. The van der Waals surface area contributed by atoms with Crippen LogP contribution < -0.4 is 10.6 Å². The summed E-state index contributed by atoms with van der Waals surface area (Å²) >= 11 is 0. The zero-order valence-electron chi connectivity index (χ0n) is 23.7. The van der Waals surface area contributed by atoms with Gasteiger partial charge in [-0.25, -0.2) is 9.59 Å². The molecule has 1 aliphatic rings. The molecular weight excluding hydrogens is 518 g/mol. The molecule has 0 fully saturated rings. The molecule has 8 heteroatoms. The average Bonchev–Trinajstić information content (AvgIpc) is 3.55. The van der Waals surface area contributed by atoms with E-state index >= 15 is 0 Å². The van der Waals surface area contributed by atoms with Gasteiger partial charge in [0.1, 0.15) is 17.9 Å². The minimum Gasteiger partial charge on any atom is -0.449 e. The zero-order valence-corrected chi connectivity index (χ0v) is 23.7. The van der Waals surface area contributed by atoms with Gasteiger partial charge < -0.3 is 24.6 Å². The van der Waals surface area contributed by atoms with Crippen molar-refractivity contribution in [1.82, 2.24) is 15.8 Å². The van der Waals surface area contributed by atoms with Crippen molar-refractivity contribution >= 4 is 12.2 Å². The average molecular weight is 554 g/mol. The van der Waals surface area contributed by atoms with Crippen LogP contribution in [0.25, 0.3) is 11.1 Å². The molecule has 0 unspecified atom stereocenters. The molecule has 212 valence electrons. The number of rotatable bonds is 8. The van der Waals surface area contributed by atoms with Crippen LogP contribution in [-0.4, -0.2) is 29.6 Å². The number of aromatic nitrogens is 1. The van der Waals surface area contributed by atoms with Gasteiger partial charge in [0.15, 0.2) is 5.76 Å². The molecule has 0 spiro atoms. The zero-order chi connectivity index (χ0) is 29.0. The Morgan fingerprint density at radius 3 is 2.12 bits per heavy atom. The predicted octanol–water partition coefficient (Wildman–Crippen LogP) is 7.08. The van der Waals surface area contributed by atoms with Crippen LogP contribution in [0, 0.1) is 0 Å². The third kappa shape index (κ3) is 6.77. The third-order valence-electron chi connectivity index (χ3n) is 6.98. The highest BCUT2D eigenvalue weighted by Crippen LogP contribution is 2.44. The van der Waals surface area contributed by atoms with Crippen LogP contribution in [-0.2, 0) is 15.9 Å². The third-order valence-corrected chi connectivity index (χ3v) is 6.98. The van der Waals surface area contributed by atoms with Crippen molar-refractivity contribution in [3.05, 3.63) is 113 Å². The van der Waals surface area contributed by atoms with E-state index in [9.17, 15) is 9.59 Å². The summed E-state index contributed by atoms with van der Waals surface area (Å²) < 4.78 is 16.7. The van der Waals surface area contributed by atoms with E-state index in [-0.39, 0.29) is 12.5 Å². The number of fused-ring (bicyclic) bond motifs is 3. The van der Waals surface area contributed by atoms with E-state index in [2.05, 4.69) is 40.1 Å². The van der Waals surface area contributed by atoms with E-state index in [1.807, 2.05) is 54.6 Å². The van der Waals surface area contributed by atoms with Crippen molar-refractivity contribution in [3.8, 4) is 11.1 Å². The maximum absolute atomic E-state index is 13.2. The summed E-state index contributed by atoms with van der Waals surface area (Å²) in [4.78, 5) is 25.4. The summed E-state index contributed by atoms with van der Waals surface area (Å²) in [6.07, 6.45) is -0.622. The molecule has 0 aliphatic heterocycles. The van der Waals surface area contributed by atoms with Crippen molar-refractivity contribution < 1.29 is 23.6 Å². The van der Waals surface area contributed by atoms with Crippen molar-refractivity contribution in [1.29, 1.82) is 0 Å². The summed E-state index contributed by atoms with van der Waals surface area (Å²) in [6, 6.07) is 27.0. The molecule has 0 bridgehead atoms. The molecule has 0 saturated carbocycles. The van der Waals surface area contributed by atoms with Gasteiger partial charge in [0.05, 0.1) is 12.1 Å². The number of ether oxygens (including phenoxy) is 2. The number of carbonyl (C=O) groups is 2. The molecule has 0 saturated heterocycles. The minimum atomic E-state index is -0.621. The van der Waals surface area contributed by atoms with Gasteiger partial charge in [-0.15, -0.1) is 0 Å². The van der Waals surface area contributed by atoms with E-state index in [4.69, 9.17) is 14.0 Å². The monoisotopic (exact) mass is 553 g/mol. The van der Waals surface area contributed by atoms with Gasteiger partial charge in [0.25, 0.3) is 0 Å². The van der Waals surface area contributed by atoms with Crippen LogP contribution in [0.2, 0.25) is 0 Å². The van der Waals surface area contributed by atoms with Gasteiger partial charge in [0.2, 0.25) is 0 Å². The van der Waals surface area contributed by atoms with Crippen LogP contribution in [0.3, 0.4) is 0 Å². The van der Waals surface area contributed by atoms with Crippen molar-refractivity contribution in [2.75, 3.05) is 6.61 Å². The first-order valence-electron chi connectivity index (χ1n) is 13.8. The van der Waals surface area contributed by atoms with Crippen LogP contribution in [0.4, 0.5) is 9.59 Å². The molecule has 3 aromatic carbocycles. The second-order valence-corrected chi connectivity index (χ2v) is 11.2. The van der Waals surface area contributed by atoms with E-state index in [0.29, 0.717) is 17.9 Å². The number of alkyl carbamates (subject to hydrolysis) is 2. The Hall–Kier alpha value is -4.59. The lowest BCUT2D eigenvalue weighted by Gasteiger charge is -2.21. The lowest BCUT2D eigenvalue weighted by atomic mass is 9.98. The molecule has 1 aliphatic carbocycles. The van der Waals surface area contributed by atoms with Gasteiger partial charge in [-0.3, -0.25) is 0 Å². The molecular formula is C33H35N3O5. The summed E-state index contributed by atoms with van der Waals surface area (Å²) in [5.41, 5.74) is 5.55. The first kappa shape index (κ1) is 28.0. The highest BCUT2D eigenvalue weighted by Gasteiger charge is 2.30. The Labute approximate surface area is 240 Å². The molecule has 2 atom stereocenters. The summed E-state index contributed by atoms with van der Waals surface area (Å²) in [5, 5.41) is 9.97. The van der Waals surface area contributed by atoms with Crippen molar-refractivity contribution in [3.63, 3.8) is 0 Å². The number of benzene rings is 3. The highest BCUT2D eigenvalue weighted by atomic mass is 16.6. The van der Waals surface area contributed by atoms with Crippen molar-refractivity contribution in [2.45, 2.75) is 57.7 Å². The molecule has 41 heavy (non-hydrogen) atoms. The topological polar surface area (TPSA) is 103 Å². The first-order valence-corrected chi connectivity index (χ1v) is 13.8. The van der Waals surface area contributed by atoms with E-state index < -0.39 is 29.9 Å². The van der Waals surface area contributed by atoms with E-state index in [0.717, 1.165) is 16.7 Å². The second kappa shape index (κ2) is 11.9. The Morgan fingerprint density at radius 2 is 1.49 bits per heavy atom. The fourth-order valence-corrected chi connectivity index (χ4v) is 5.09. The molecule has 2 N–H and O–H groups in total. The van der Waals surface area contributed by atoms with Gasteiger partial charge in [-0.2, -0.15) is 0 Å². The molecule has 2 amide bonds. The number of nitrogens with one attached hydrogen (secondary N) is 2. The summed E-state index contributed by atoms with van der Waals surface area (Å²) in [5.74, 6) is 0.400. The van der Waals surface area contributed by atoms with Crippen LogP contribution in [0.5, 0.6) is 0 Å². The largest absolute Gasteiger partial charge is 0.449 e. The summed E-state index contributed by atoms with van der Waals surface area (Å²) in [7, 11) is 0. The van der Waals surface area contributed by atoms with E-state index in [1.54, 1.807) is 33.8 Å². The lowest BCUT2D eigenvalue weighted by molar-refractivity contribution is 0.0500. The molecule has 8 nitrogen and oxygen atoms in total. The molecule has 1 heterocycles. The normalized spacial score (nSPS) is 14.0. The first-order chi connectivity index (χ1) is 19.7. The quantitative estimate of drug-likeness (QED) is 0.242. The Morgan fingerprint density at radius 1 is 0.878 bits per heavy atom. The number of carbonyl (C=O) groups excluding carboxylic acids is 2. The number of hydrogen-bond donors (Lipinski definition) is 2. The Balaban J connectivity index is 1.29. The van der Waals surface area contributed by atoms with Crippen LogP contribution in [0.15, 0.2) is 89.5 Å². The second-order valence-electron chi connectivity index (χ2n) is 11.2. The Kier molecular flexibility index (Phi) is 8.10. The molecule has 0 radical (unpaired) electrons. The SMILES string of the molecule is C[C@H](NC(=O)OC(C)(C)C)c1cc([C@H](Cc2ccccc2)NC(=O)OCC2c3ccccc3-c3ccccc32)no1. The molecule has 5 rings (SSSR count). The fraction of sp³-hybridized carbons (Fsp3) is 0.303. The Bertz CT molecular complexity index is 1460. The van der Waals surface area contributed by atoms with Gasteiger partial charge in [0, 0.05) is 12.0 Å². The highest BCUT2D eigenvalue weighted by molar-refractivity contribution is 5.79. The summed E-state index contributed by atoms with van der Waals surface area (Å²) in [6.45, 7) is 7.38. The molecule has 1 aromatic heterocycles. The van der Waals surface area contributed by atoms with E-state index in [1.165, 1.54) is 11.1 Å². The van der Waals surface area contributed by atoms with Crippen LogP contribution >= 0.6 is 0 Å². The standard InChI is InChI=1S/C33H35N3O5/c1-21(34-32(38)40-33(2,3)4)30-19-29(36-41-30)28(18-22-12-6-5-7-13-22)35-31(37)39-20-27-25-16-10-8-14-23(25)24-15-9-11-17-26(24)27/h5-17,19,21,27-28H,18,20H2,1-4H3,(H,34,38)(H,35,37)/t21-,28-/m0/s1. The number of nitrogens with zero attached hydrogens (tertiary/aromatic N) is 1. The maximum atomic E-state index is 13.2.